The van der Waals surface area contributed by atoms with Crippen molar-refractivity contribution in [1.29, 1.82) is 0 Å². The summed E-state index contributed by atoms with van der Waals surface area (Å²) in [5.41, 5.74) is 8.16. The van der Waals surface area contributed by atoms with Crippen LogP contribution in [-0.2, 0) is 5.75 Å². The highest BCUT2D eigenvalue weighted by Crippen LogP contribution is 2.40. The predicted octanol–water partition coefficient (Wildman–Crippen LogP) is 3.67. The Balaban J connectivity index is 1.48. The maximum atomic E-state index is 5.88. The summed E-state index contributed by atoms with van der Waals surface area (Å²) in [4.78, 5) is 4.68. The number of hydrogen-bond acceptors (Lipinski definition) is 7. The third-order valence-corrected chi connectivity index (χ3v) is 5.87. The fourth-order valence-corrected chi connectivity index (χ4v) is 4.64. The van der Waals surface area contributed by atoms with Gasteiger partial charge in [0.1, 0.15) is 5.01 Å². The average molecular weight is 335 g/mol. The first-order valence-electron chi connectivity index (χ1n) is 6.61. The Morgan fingerprint density at radius 1 is 1.33 bits per heavy atom. The van der Waals surface area contributed by atoms with Crippen molar-refractivity contribution in [2.75, 3.05) is 5.73 Å². The van der Waals surface area contributed by atoms with Crippen LogP contribution in [0.25, 0.3) is 10.6 Å². The van der Waals surface area contributed by atoms with Gasteiger partial charge in [-0.2, -0.15) is 11.3 Å². The molecule has 0 spiro atoms. The summed E-state index contributed by atoms with van der Waals surface area (Å²) in [6.07, 6.45) is 2.35. The quantitative estimate of drug-likeness (QED) is 0.720. The lowest BCUT2D eigenvalue weighted by Crippen LogP contribution is -2.02. The summed E-state index contributed by atoms with van der Waals surface area (Å²) < 4.78 is 2.05. The minimum absolute atomic E-state index is 0.499. The number of nitrogens with two attached hydrogens (primary N) is 1. The first-order valence-corrected chi connectivity index (χ1v) is 9.42. The van der Waals surface area contributed by atoms with Crippen LogP contribution in [0.2, 0.25) is 0 Å². The van der Waals surface area contributed by atoms with Crippen molar-refractivity contribution in [3.63, 3.8) is 0 Å². The van der Waals surface area contributed by atoms with E-state index in [0.29, 0.717) is 12.0 Å². The van der Waals surface area contributed by atoms with E-state index in [1.165, 1.54) is 18.4 Å². The van der Waals surface area contributed by atoms with Gasteiger partial charge in [-0.1, -0.05) is 11.8 Å². The third-order valence-electron chi connectivity index (χ3n) is 3.27. The Hall–Kier alpha value is -1.38. The SMILES string of the molecule is Nc1nnc(SCc2csc(-c3ccsc3)n2)n1C1CC1. The summed E-state index contributed by atoms with van der Waals surface area (Å²) in [6.45, 7) is 0. The molecule has 0 atom stereocenters. The number of thiophene rings is 1. The standard InChI is InChI=1S/C13H13N5S3/c14-12-16-17-13(18(12)10-1-2-10)21-7-9-6-20-11(15-9)8-3-4-19-5-8/h3-6,10H,1-2,7H2,(H2,14,16). The number of aromatic nitrogens is 4. The van der Waals surface area contributed by atoms with Crippen molar-refractivity contribution >= 4 is 40.4 Å². The van der Waals surface area contributed by atoms with Gasteiger partial charge in [-0.15, -0.1) is 21.5 Å². The number of hydrogen-bond donors (Lipinski definition) is 1. The molecule has 1 aliphatic carbocycles. The molecule has 0 aliphatic heterocycles. The predicted molar refractivity (Wildman–Crippen MR) is 87.7 cm³/mol. The van der Waals surface area contributed by atoms with E-state index < -0.39 is 0 Å². The van der Waals surface area contributed by atoms with Crippen molar-refractivity contribution in [2.45, 2.75) is 29.8 Å². The van der Waals surface area contributed by atoms with E-state index in [1.807, 2.05) is 0 Å². The second kappa shape index (κ2) is 5.43. The molecule has 0 amide bonds. The van der Waals surface area contributed by atoms with Gasteiger partial charge in [0.15, 0.2) is 5.16 Å². The molecule has 1 fully saturated rings. The van der Waals surface area contributed by atoms with Crippen LogP contribution in [0.1, 0.15) is 24.6 Å². The first-order chi connectivity index (χ1) is 10.3. The monoisotopic (exact) mass is 335 g/mol. The molecule has 0 bridgehead atoms. The molecule has 1 aliphatic rings. The Bertz CT molecular complexity index is 742. The van der Waals surface area contributed by atoms with Crippen LogP contribution >= 0.6 is 34.4 Å². The van der Waals surface area contributed by atoms with Crippen LogP contribution < -0.4 is 5.73 Å². The molecule has 3 aromatic heterocycles. The first kappa shape index (κ1) is 13.3. The van der Waals surface area contributed by atoms with Gasteiger partial charge in [0.2, 0.25) is 5.95 Å². The van der Waals surface area contributed by atoms with Crippen molar-refractivity contribution in [1.82, 2.24) is 19.7 Å². The number of rotatable bonds is 5. The molecule has 0 unspecified atom stereocenters. The van der Waals surface area contributed by atoms with E-state index in [2.05, 4.69) is 42.0 Å². The number of anilines is 1. The summed E-state index contributed by atoms with van der Waals surface area (Å²) in [7, 11) is 0. The fourth-order valence-electron chi connectivity index (χ4n) is 2.09. The zero-order valence-electron chi connectivity index (χ0n) is 11.1. The third kappa shape index (κ3) is 2.70. The van der Waals surface area contributed by atoms with Gasteiger partial charge >= 0.3 is 0 Å². The Morgan fingerprint density at radius 3 is 3.00 bits per heavy atom. The summed E-state index contributed by atoms with van der Waals surface area (Å²) in [5, 5.41) is 16.5. The van der Waals surface area contributed by atoms with Crippen molar-refractivity contribution < 1.29 is 0 Å². The van der Waals surface area contributed by atoms with Gasteiger partial charge in [0.05, 0.1) is 5.69 Å². The summed E-state index contributed by atoms with van der Waals surface area (Å²) in [5.74, 6) is 1.32. The molecule has 1 saturated carbocycles. The Morgan fingerprint density at radius 2 is 2.24 bits per heavy atom. The molecule has 0 radical (unpaired) electrons. The van der Waals surface area contributed by atoms with E-state index in [1.54, 1.807) is 34.4 Å². The molecule has 3 aromatic rings. The smallest absolute Gasteiger partial charge is 0.222 e. The molecule has 8 heteroatoms. The van der Waals surface area contributed by atoms with Crippen LogP contribution in [0.4, 0.5) is 5.95 Å². The number of nitrogen functional groups attached to an aromatic ring is 1. The largest absolute Gasteiger partial charge is 0.368 e. The van der Waals surface area contributed by atoms with Crippen LogP contribution in [0.5, 0.6) is 0 Å². The molecule has 0 aromatic carbocycles. The van der Waals surface area contributed by atoms with Crippen LogP contribution in [0, 0.1) is 0 Å². The molecule has 21 heavy (non-hydrogen) atoms. The highest BCUT2D eigenvalue weighted by Gasteiger charge is 2.28. The molecule has 5 nitrogen and oxygen atoms in total. The highest BCUT2D eigenvalue weighted by molar-refractivity contribution is 7.98. The van der Waals surface area contributed by atoms with Crippen molar-refractivity contribution in [3.8, 4) is 10.6 Å². The topological polar surface area (TPSA) is 69.6 Å². The lowest BCUT2D eigenvalue weighted by atomic mass is 10.4. The maximum Gasteiger partial charge on any atom is 0.222 e. The molecule has 0 saturated heterocycles. The Kier molecular flexibility index (Phi) is 3.44. The van der Waals surface area contributed by atoms with E-state index in [9.17, 15) is 0 Å². The molecule has 3 heterocycles. The van der Waals surface area contributed by atoms with Gasteiger partial charge in [0.25, 0.3) is 0 Å². The van der Waals surface area contributed by atoms with Gasteiger partial charge in [-0.05, 0) is 24.3 Å². The van der Waals surface area contributed by atoms with Crippen molar-refractivity contribution in [3.05, 3.63) is 27.9 Å². The van der Waals surface area contributed by atoms with Crippen LogP contribution in [0.3, 0.4) is 0 Å². The number of nitrogens with zero attached hydrogens (tertiary/aromatic N) is 4. The van der Waals surface area contributed by atoms with E-state index in [4.69, 9.17) is 5.73 Å². The average Bonchev–Trinajstić information content (AvgIpc) is 2.94. The van der Waals surface area contributed by atoms with Gasteiger partial charge in [-0.3, -0.25) is 4.57 Å². The number of thioether (sulfide) groups is 1. The minimum Gasteiger partial charge on any atom is -0.368 e. The van der Waals surface area contributed by atoms with Crippen LogP contribution in [-0.4, -0.2) is 19.7 Å². The highest BCUT2D eigenvalue weighted by atomic mass is 32.2. The molecular weight excluding hydrogens is 322 g/mol. The normalized spacial score (nSPS) is 14.7. The lowest BCUT2D eigenvalue weighted by molar-refractivity contribution is 0.671. The van der Waals surface area contributed by atoms with Crippen molar-refractivity contribution in [2.24, 2.45) is 0 Å². The zero-order valence-corrected chi connectivity index (χ0v) is 13.5. The van der Waals surface area contributed by atoms with E-state index in [-0.39, 0.29) is 0 Å². The van der Waals surface area contributed by atoms with Crippen LogP contribution in [0.15, 0.2) is 27.4 Å². The van der Waals surface area contributed by atoms with Gasteiger partial charge in [-0.25, -0.2) is 4.98 Å². The Labute approximate surface area is 134 Å². The van der Waals surface area contributed by atoms with Gasteiger partial charge < -0.3 is 5.73 Å². The van der Waals surface area contributed by atoms with E-state index >= 15 is 0 Å². The molecular formula is C13H13N5S3. The lowest BCUT2D eigenvalue weighted by Gasteiger charge is -2.04. The molecule has 4 rings (SSSR count). The van der Waals surface area contributed by atoms with Gasteiger partial charge in [0, 0.05) is 28.1 Å². The molecule has 108 valence electrons. The second-order valence-corrected chi connectivity index (χ2v) is 7.47. The molecule has 2 N–H and O–H groups in total. The maximum absolute atomic E-state index is 5.88. The fraction of sp³-hybridized carbons (Fsp3) is 0.308. The van der Waals surface area contributed by atoms with E-state index in [0.717, 1.165) is 21.6 Å². The summed E-state index contributed by atoms with van der Waals surface area (Å²) >= 11 is 5.04. The summed E-state index contributed by atoms with van der Waals surface area (Å²) in [6, 6.07) is 2.60. The second-order valence-electron chi connectivity index (χ2n) is 4.89. The number of thiazole rings is 1. The minimum atomic E-state index is 0.499. The zero-order chi connectivity index (χ0) is 14.2.